The minimum Gasteiger partial charge on any atom is -0.494 e. The number of ether oxygens (including phenoxy) is 3. The average molecular weight is 525 g/mol. The lowest BCUT2D eigenvalue weighted by molar-refractivity contribution is 0.145. The number of fused-ring (bicyclic) bond motifs is 4. The van der Waals surface area contributed by atoms with Crippen LogP contribution in [-0.2, 0) is 19.3 Å². The summed E-state index contributed by atoms with van der Waals surface area (Å²) in [5.41, 5.74) is 8.42. The van der Waals surface area contributed by atoms with E-state index in [0.29, 0.717) is 5.75 Å². The third-order valence-corrected chi connectivity index (χ3v) is 7.97. The smallest absolute Gasteiger partial charge is 0.184 e. The van der Waals surface area contributed by atoms with Crippen LogP contribution in [-0.4, -0.2) is 81.9 Å². The molecular formula is C29H37ClN4O3. The van der Waals surface area contributed by atoms with Gasteiger partial charge in [0.25, 0.3) is 0 Å². The predicted octanol–water partition coefficient (Wildman–Crippen LogP) is 4.42. The molecule has 7 nitrogen and oxygen atoms in total. The van der Waals surface area contributed by atoms with Crippen molar-refractivity contribution in [1.82, 2.24) is 14.8 Å². The second-order valence-corrected chi connectivity index (χ2v) is 10.1. The van der Waals surface area contributed by atoms with Gasteiger partial charge in [-0.15, -0.1) is 12.4 Å². The van der Waals surface area contributed by atoms with Crippen LogP contribution in [0.5, 0.6) is 17.2 Å². The summed E-state index contributed by atoms with van der Waals surface area (Å²) in [4.78, 5) is 10.1. The molecule has 3 heterocycles. The quantitative estimate of drug-likeness (QED) is 0.459. The molecular weight excluding hydrogens is 488 g/mol. The number of hydrogen-bond donors (Lipinski definition) is 1. The van der Waals surface area contributed by atoms with Crippen LogP contribution in [0.25, 0.3) is 22.2 Å². The van der Waals surface area contributed by atoms with Gasteiger partial charge in [-0.3, -0.25) is 0 Å². The van der Waals surface area contributed by atoms with Gasteiger partial charge in [-0.25, -0.2) is 4.98 Å². The molecule has 1 saturated heterocycles. The van der Waals surface area contributed by atoms with E-state index in [1.54, 1.807) is 14.2 Å². The number of piperazine rings is 1. The predicted molar refractivity (Wildman–Crippen MR) is 151 cm³/mol. The molecule has 1 aromatic heterocycles. The molecule has 1 aliphatic carbocycles. The molecule has 0 radical (unpaired) electrons. The van der Waals surface area contributed by atoms with Gasteiger partial charge in [0.1, 0.15) is 5.75 Å². The van der Waals surface area contributed by atoms with E-state index in [9.17, 15) is 0 Å². The van der Waals surface area contributed by atoms with Gasteiger partial charge >= 0.3 is 0 Å². The van der Waals surface area contributed by atoms with Crippen molar-refractivity contribution >= 4 is 29.0 Å². The number of benzene rings is 2. The number of halogens is 1. The van der Waals surface area contributed by atoms with Crippen molar-refractivity contribution in [3.8, 4) is 28.5 Å². The Morgan fingerprint density at radius 3 is 2.59 bits per heavy atom. The van der Waals surface area contributed by atoms with Crippen LogP contribution < -0.4 is 19.5 Å². The zero-order valence-corrected chi connectivity index (χ0v) is 22.9. The number of likely N-dealkylation sites (N-methyl/N-ethyl adjacent to an activating group) is 1. The molecule has 8 heteroatoms. The maximum Gasteiger partial charge on any atom is 0.184 e. The molecule has 0 bridgehead atoms. The fourth-order valence-corrected chi connectivity index (χ4v) is 6.01. The maximum absolute atomic E-state index is 6.17. The molecule has 6 rings (SSSR count). The summed E-state index contributed by atoms with van der Waals surface area (Å²) in [6.45, 7) is 7.40. The van der Waals surface area contributed by atoms with Crippen molar-refractivity contribution in [3.05, 3.63) is 41.0 Å². The summed E-state index contributed by atoms with van der Waals surface area (Å²) >= 11 is 0. The largest absolute Gasteiger partial charge is 0.494 e. The van der Waals surface area contributed by atoms with Gasteiger partial charge in [0.2, 0.25) is 0 Å². The standard InChI is InChI=1S/C29H36N4O3.ClH/c1-32-12-14-33(15-13-32)11-4-16-36-20-6-8-21-19(17-20)5-7-23-22-9-10-30-28-26(22)24(31-27(21)23)18-25(34-2)29(28)35-3;/h6,8,17-18,30H,4-5,7,9-16H2,1-3H3;1H. The van der Waals surface area contributed by atoms with Crippen molar-refractivity contribution in [1.29, 1.82) is 0 Å². The second kappa shape index (κ2) is 10.9. The van der Waals surface area contributed by atoms with E-state index >= 15 is 0 Å². The number of rotatable bonds is 7. The summed E-state index contributed by atoms with van der Waals surface area (Å²) < 4.78 is 17.5. The third-order valence-electron chi connectivity index (χ3n) is 7.97. The normalized spacial score (nSPS) is 16.8. The minimum absolute atomic E-state index is 0. The molecule has 0 amide bonds. The summed E-state index contributed by atoms with van der Waals surface area (Å²) in [6.07, 6.45) is 4.06. The van der Waals surface area contributed by atoms with Crippen LogP contribution in [0.1, 0.15) is 23.1 Å². The highest BCUT2D eigenvalue weighted by Gasteiger charge is 2.28. The first-order valence-electron chi connectivity index (χ1n) is 13.2. The molecule has 0 saturated carbocycles. The third kappa shape index (κ3) is 4.80. The summed E-state index contributed by atoms with van der Waals surface area (Å²) in [6, 6.07) is 8.56. The van der Waals surface area contributed by atoms with Crippen molar-refractivity contribution in [2.45, 2.75) is 25.7 Å². The Bertz CT molecular complexity index is 1290. The van der Waals surface area contributed by atoms with E-state index in [1.807, 2.05) is 6.07 Å². The lowest BCUT2D eigenvalue weighted by Gasteiger charge is -2.32. The first-order chi connectivity index (χ1) is 17.7. The van der Waals surface area contributed by atoms with Gasteiger partial charge in [0.05, 0.1) is 37.7 Å². The molecule has 0 atom stereocenters. The van der Waals surface area contributed by atoms with Crippen molar-refractivity contribution in [2.24, 2.45) is 0 Å². The Morgan fingerprint density at radius 2 is 1.81 bits per heavy atom. The molecule has 37 heavy (non-hydrogen) atoms. The van der Waals surface area contributed by atoms with E-state index in [0.717, 1.165) is 100.0 Å². The Labute approximate surface area is 225 Å². The summed E-state index contributed by atoms with van der Waals surface area (Å²) in [7, 11) is 5.58. The van der Waals surface area contributed by atoms with Crippen LogP contribution in [0.15, 0.2) is 24.3 Å². The monoisotopic (exact) mass is 524 g/mol. The van der Waals surface area contributed by atoms with E-state index in [-0.39, 0.29) is 12.4 Å². The number of aromatic nitrogens is 1. The topological polar surface area (TPSA) is 59.1 Å². The van der Waals surface area contributed by atoms with Crippen LogP contribution in [0.2, 0.25) is 0 Å². The number of aryl methyl sites for hydroxylation is 1. The second-order valence-electron chi connectivity index (χ2n) is 10.1. The lowest BCUT2D eigenvalue weighted by atomic mass is 9.83. The van der Waals surface area contributed by atoms with E-state index in [4.69, 9.17) is 19.2 Å². The molecule has 3 aliphatic rings. The maximum atomic E-state index is 6.17. The summed E-state index contributed by atoms with van der Waals surface area (Å²) in [5.74, 6) is 2.44. The molecule has 1 fully saturated rings. The van der Waals surface area contributed by atoms with Gasteiger partial charge < -0.3 is 29.3 Å². The first-order valence-corrected chi connectivity index (χ1v) is 13.2. The Kier molecular flexibility index (Phi) is 7.65. The van der Waals surface area contributed by atoms with Gasteiger partial charge in [-0.1, -0.05) is 0 Å². The van der Waals surface area contributed by atoms with Crippen LogP contribution in [0.4, 0.5) is 5.69 Å². The van der Waals surface area contributed by atoms with Gasteiger partial charge in [0.15, 0.2) is 11.5 Å². The molecule has 0 unspecified atom stereocenters. The molecule has 2 aliphatic heterocycles. The molecule has 0 spiro atoms. The SMILES string of the molecule is COc1cc2nc3c(c4c2c(c1OC)NCC4)CCc1cc(OCCCN2CCN(C)CC2)ccc1-3.Cl. The van der Waals surface area contributed by atoms with Gasteiger partial charge in [-0.2, -0.15) is 0 Å². The lowest BCUT2D eigenvalue weighted by Crippen LogP contribution is -2.44. The molecule has 2 aromatic carbocycles. The number of hydrogen-bond acceptors (Lipinski definition) is 7. The van der Waals surface area contributed by atoms with E-state index in [1.165, 1.54) is 27.6 Å². The fraction of sp³-hybridized carbons (Fsp3) is 0.483. The fourth-order valence-electron chi connectivity index (χ4n) is 6.01. The van der Waals surface area contributed by atoms with Crippen LogP contribution in [0.3, 0.4) is 0 Å². The van der Waals surface area contributed by atoms with Crippen LogP contribution in [0, 0.1) is 0 Å². The Balaban J connectivity index is 0.00000280. The number of pyridine rings is 1. The average Bonchev–Trinajstić information content (AvgIpc) is 2.91. The number of nitrogens with zero attached hydrogens (tertiary/aromatic N) is 3. The van der Waals surface area contributed by atoms with Crippen LogP contribution >= 0.6 is 12.4 Å². The van der Waals surface area contributed by atoms with Gasteiger partial charge in [-0.05, 0) is 67.6 Å². The van der Waals surface area contributed by atoms with Crippen molar-refractivity contribution < 1.29 is 14.2 Å². The first kappa shape index (κ1) is 25.9. The minimum atomic E-state index is 0. The molecule has 1 N–H and O–H groups in total. The van der Waals surface area contributed by atoms with Crippen molar-refractivity contribution in [3.63, 3.8) is 0 Å². The highest BCUT2D eigenvalue weighted by atomic mass is 35.5. The number of anilines is 1. The Hall–Kier alpha value is -2.74. The number of methoxy groups -OCH3 is 2. The van der Waals surface area contributed by atoms with Gasteiger partial charge in [0, 0.05) is 56.3 Å². The highest BCUT2D eigenvalue weighted by molar-refractivity contribution is 6.02. The van der Waals surface area contributed by atoms with Crippen molar-refractivity contribution in [2.75, 3.05) is 72.5 Å². The van der Waals surface area contributed by atoms with E-state index < -0.39 is 0 Å². The molecule has 3 aromatic rings. The van der Waals surface area contributed by atoms with E-state index in [2.05, 4.69) is 40.4 Å². The number of nitrogens with one attached hydrogen (secondary N) is 1. The Morgan fingerprint density at radius 1 is 0.973 bits per heavy atom. The molecule has 198 valence electrons. The zero-order valence-electron chi connectivity index (χ0n) is 22.1. The highest BCUT2D eigenvalue weighted by Crippen LogP contribution is 2.47. The summed E-state index contributed by atoms with van der Waals surface area (Å²) in [5, 5.41) is 4.72. The zero-order chi connectivity index (χ0) is 24.6.